The molecule has 8 nitrogen and oxygen atoms in total. The molecule has 0 saturated carbocycles. The van der Waals surface area contributed by atoms with E-state index in [1.165, 1.54) is 0 Å². The van der Waals surface area contributed by atoms with E-state index in [2.05, 4.69) is 15.4 Å². The fourth-order valence-corrected chi connectivity index (χ4v) is 4.21. The number of nitrogens with zero attached hydrogens (tertiary/aromatic N) is 4. The monoisotopic (exact) mass is 449 g/mol. The highest BCUT2D eigenvalue weighted by Gasteiger charge is 2.35. The van der Waals surface area contributed by atoms with Crippen molar-refractivity contribution < 1.29 is 14.3 Å². The van der Waals surface area contributed by atoms with E-state index >= 15 is 0 Å². The molecule has 1 aromatic carbocycles. The molecule has 174 valence electrons. The molecule has 1 N–H and O–H groups in total. The van der Waals surface area contributed by atoms with Crippen molar-refractivity contribution in [3.8, 4) is 0 Å². The molecule has 0 spiro atoms. The molecular weight excluding hydrogens is 418 g/mol. The Hall–Kier alpha value is -3.26. The summed E-state index contributed by atoms with van der Waals surface area (Å²) in [7, 11) is 0. The number of benzene rings is 1. The van der Waals surface area contributed by atoms with Crippen molar-refractivity contribution in [2.45, 2.75) is 38.6 Å². The van der Waals surface area contributed by atoms with E-state index in [1.807, 2.05) is 53.6 Å². The molecule has 0 radical (unpaired) electrons. The van der Waals surface area contributed by atoms with Crippen LogP contribution < -0.4 is 5.32 Å². The largest absolute Gasteiger partial charge is 0.379 e. The van der Waals surface area contributed by atoms with Gasteiger partial charge in [0.2, 0.25) is 11.8 Å². The molecule has 1 aliphatic heterocycles. The highest BCUT2D eigenvalue weighted by molar-refractivity contribution is 5.90. The molecule has 0 aliphatic carbocycles. The van der Waals surface area contributed by atoms with Crippen molar-refractivity contribution in [1.82, 2.24) is 24.8 Å². The van der Waals surface area contributed by atoms with Gasteiger partial charge in [0.1, 0.15) is 5.54 Å². The Morgan fingerprint density at radius 1 is 1.18 bits per heavy atom. The molecule has 1 aliphatic rings. The number of nitrogens with one attached hydrogen (secondary N) is 1. The van der Waals surface area contributed by atoms with E-state index in [0.29, 0.717) is 45.6 Å². The summed E-state index contributed by atoms with van der Waals surface area (Å²) in [5.41, 5.74) is 1.84. The van der Waals surface area contributed by atoms with Gasteiger partial charge in [-0.25, -0.2) is 9.50 Å². The highest BCUT2D eigenvalue weighted by atomic mass is 16.5. The second-order valence-electron chi connectivity index (χ2n) is 9.11. The zero-order valence-corrected chi connectivity index (χ0v) is 19.2. The first-order chi connectivity index (χ1) is 15.9. The van der Waals surface area contributed by atoms with Gasteiger partial charge in [0.05, 0.1) is 18.9 Å². The van der Waals surface area contributed by atoms with Crippen molar-refractivity contribution in [3.63, 3.8) is 0 Å². The summed E-state index contributed by atoms with van der Waals surface area (Å²) in [6, 6.07) is 13.8. The van der Waals surface area contributed by atoms with Crippen molar-refractivity contribution in [2.75, 3.05) is 26.3 Å². The lowest BCUT2D eigenvalue weighted by molar-refractivity contribution is -0.140. The summed E-state index contributed by atoms with van der Waals surface area (Å²) in [6.45, 7) is 5.65. The number of imidazole rings is 1. The van der Waals surface area contributed by atoms with Crippen molar-refractivity contribution >= 4 is 17.5 Å². The van der Waals surface area contributed by atoms with Crippen molar-refractivity contribution in [2.24, 2.45) is 5.92 Å². The smallest absolute Gasteiger partial charge is 0.247 e. The Kier molecular flexibility index (Phi) is 7.03. The standard InChI is InChI=1S/C25H31N5O3/c1-25(2,27-23(31)11-8-19-6-4-3-5-7-19)24(32)29-14-15-33-18-20(17-29)16-21-9-10-22-26-12-13-30(22)28-21/h3-7,9-10,12-13,20H,8,11,14-18H2,1-2H3,(H,27,31)/t20-/m0/s1. The number of carbonyl (C=O) groups excluding carboxylic acids is 2. The van der Waals surface area contributed by atoms with Gasteiger partial charge in [0, 0.05) is 37.8 Å². The maximum Gasteiger partial charge on any atom is 0.247 e. The fourth-order valence-electron chi connectivity index (χ4n) is 4.21. The third-order valence-electron chi connectivity index (χ3n) is 5.90. The molecule has 2 aromatic heterocycles. The third kappa shape index (κ3) is 5.96. The second-order valence-corrected chi connectivity index (χ2v) is 9.11. The normalized spacial score (nSPS) is 17.0. The van der Waals surface area contributed by atoms with Crippen LogP contribution in [0.2, 0.25) is 0 Å². The fraction of sp³-hybridized carbons (Fsp3) is 0.440. The van der Waals surface area contributed by atoms with Crippen molar-refractivity contribution in [1.29, 1.82) is 0 Å². The first-order valence-corrected chi connectivity index (χ1v) is 11.4. The minimum atomic E-state index is -0.989. The lowest BCUT2D eigenvalue weighted by atomic mass is 9.99. The van der Waals surface area contributed by atoms with E-state index in [0.717, 1.165) is 16.9 Å². The maximum absolute atomic E-state index is 13.3. The number of rotatable bonds is 7. The first-order valence-electron chi connectivity index (χ1n) is 11.4. The number of fused-ring (bicyclic) bond motifs is 1. The first kappa shape index (κ1) is 22.9. The van der Waals surface area contributed by atoms with Crippen molar-refractivity contribution in [3.05, 3.63) is 66.1 Å². The Labute approximate surface area is 193 Å². The van der Waals surface area contributed by atoms with Crippen LogP contribution in [0.15, 0.2) is 54.9 Å². The van der Waals surface area contributed by atoms with Crippen LogP contribution in [0, 0.1) is 5.92 Å². The number of aromatic nitrogens is 3. The number of aryl methyl sites for hydroxylation is 1. The molecule has 3 aromatic rings. The predicted molar refractivity (Wildman–Crippen MR) is 125 cm³/mol. The Morgan fingerprint density at radius 2 is 2.00 bits per heavy atom. The van der Waals surface area contributed by atoms with Crippen LogP contribution in [-0.4, -0.2) is 63.2 Å². The third-order valence-corrected chi connectivity index (χ3v) is 5.90. The van der Waals surface area contributed by atoms with Gasteiger partial charge in [-0.3, -0.25) is 9.59 Å². The van der Waals surface area contributed by atoms with Gasteiger partial charge in [-0.05, 0) is 44.4 Å². The Balaban J connectivity index is 1.35. The molecule has 1 atom stereocenters. The topological polar surface area (TPSA) is 88.8 Å². The molecule has 1 fully saturated rings. The van der Waals surface area contributed by atoms with Gasteiger partial charge in [0.15, 0.2) is 5.65 Å². The average molecular weight is 450 g/mol. The van der Waals surface area contributed by atoms with Gasteiger partial charge in [-0.15, -0.1) is 0 Å². The van der Waals surface area contributed by atoms with Crippen LogP contribution in [0.5, 0.6) is 0 Å². The summed E-state index contributed by atoms with van der Waals surface area (Å²) in [4.78, 5) is 31.9. The molecule has 8 heteroatoms. The molecule has 0 unspecified atom stereocenters. The predicted octanol–water partition coefficient (Wildman–Crippen LogP) is 2.27. The van der Waals surface area contributed by atoms with E-state index in [1.54, 1.807) is 24.6 Å². The van der Waals surface area contributed by atoms with E-state index < -0.39 is 5.54 Å². The molecule has 1 saturated heterocycles. The Morgan fingerprint density at radius 3 is 2.82 bits per heavy atom. The van der Waals surface area contributed by atoms with E-state index in [-0.39, 0.29) is 17.7 Å². The van der Waals surface area contributed by atoms with E-state index in [4.69, 9.17) is 4.74 Å². The molecular formula is C25H31N5O3. The number of hydrogen-bond donors (Lipinski definition) is 1. The van der Waals surface area contributed by atoms with Gasteiger partial charge in [-0.2, -0.15) is 5.10 Å². The molecule has 4 rings (SSSR count). The van der Waals surface area contributed by atoms with Gasteiger partial charge < -0.3 is 15.0 Å². The number of hydrogen-bond acceptors (Lipinski definition) is 5. The summed E-state index contributed by atoms with van der Waals surface area (Å²) in [6.07, 6.45) is 5.22. The molecule has 3 heterocycles. The van der Waals surface area contributed by atoms with Crippen LogP contribution in [-0.2, 0) is 27.2 Å². The highest BCUT2D eigenvalue weighted by Crippen LogP contribution is 2.17. The SMILES string of the molecule is CC(C)(NC(=O)CCc1ccccc1)C(=O)N1CCOC[C@@H](Cc2ccc3nccn3n2)C1. The van der Waals surface area contributed by atoms with Gasteiger partial charge in [0.25, 0.3) is 0 Å². The van der Waals surface area contributed by atoms with Crippen LogP contribution in [0.1, 0.15) is 31.5 Å². The minimum Gasteiger partial charge on any atom is -0.379 e. The molecule has 2 amide bonds. The summed E-state index contributed by atoms with van der Waals surface area (Å²) in [5.74, 6) is -0.101. The zero-order valence-electron chi connectivity index (χ0n) is 19.2. The van der Waals surface area contributed by atoms with Gasteiger partial charge in [-0.1, -0.05) is 30.3 Å². The second kappa shape index (κ2) is 10.1. The lowest BCUT2D eigenvalue weighted by Gasteiger charge is -2.33. The maximum atomic E-state index is 13.3. The zero-order chi connectivity index (χ0) is 23.3. The molecule has 0 bridgehead atoms. The minimum absolute atomic E-state index is 0.0934. The van der Waals surface area contributed by atoms with E-state index in [9.17, 15) is 9.59 Å². The summed E-state index contributed by atoms with van der Waals surface area (Å²) < 4.78 is 7.54. The van der Waals surface area contributed by atoms with Crippen LogP contribution >= 0.6 is 0 Å². The molecule has 33 heavy (non-hydrogen) atoms. The summed E-state index contributed by atoms with van der Waals surface area (Å²) in [5, 5.41) is 7.53. The van der Waals surface area contributed by atoms with Crippen LogP contribution in [0.4, 0.5) is 0 Å². The Bertz CT molecular complexity index is 1100. The number of amides is 2. The summed E-state index contributed by atoms with van der Waals surface area (Å²) >= 11 is 0. The lowest BCUT2D eigenvalue weighted by Crippen LogP contribution is -2.57. The van der Waals surface area contributed by atoms with Crippen LogP contribution in [0.3, 0.4) is 0 Å². The quantitative estimate of drug-likeness (QED) is 0.598. The number of ether oxygens (including phenoxy) is 1. The number of carbonyl (C=O) groups is 2. The van der Waals surface area contributed by atoms with Gasteiger partial charge >= 0.3 is 0 Å². The van der Waals surface area contributed by atoms with Crippen LogP contribution in [0.25, 0.3) is 5.65 Å². The average Bonchev–Trinajstić information content (AvgIpc) is 3.15.